The van der Waals surface area contributed by atoms with E-state index >= 15 is 0 Å². The second-order valence-corrected chi connectivity index (χ2v) is 6.34. The van der Waals surface area contributed by atoms with Crippen molar-refractivity contribution in [3.05, 3.63) is 34.9 Å². The minimum Gasteiger partial charge on any atom is -0.206 e. The first-order valence-corrected chi connectivity index (χ1v) is 7.76. The van der Waals surface area contributed by atoms with Crippen molar-refractivity contribution in [2.75, 3.05) is 0 Å². The van der Waals surface area contributed by atoms with Crippen molar-refractivity contribution in [3.63, 3.8) is 0 Å². The number of alkyl halides is 3. The SMILES string of the molecule is CCCC1CCC(c2cc(F)c(C(F)(F)Cl)c(F)c2)CC1. The van der Waals surface area contributed by atoms with E-state index < -0.39 is 22.6 Å². The van der Waals surface area contributed by atoms with Crippen LogP contribution < -0.4 is 0 Å². The summed E-state index contributed by atoms with van der Waals surface area (Å²) in [4.78, 5) is 0. The Balaban J connectivity index is 2.16. The third-order valence-corrected chi connectivity index (χ3v) is 4.55. The molecule has 0 aliphatic heterocycles. The Hall–Kier alpha value is -0.770. The Morgan fingerprint density at radius 1 is 1.10 bits per heavy atom. The van der Waals surface area contributed by atoms with Gasteiger partial charge in [-0.3, -0.25) is 0 Å². The van der Waals surface area contributed by atoms with Crippen molar-refractivity contribution in [1.82, 2.24) is 0 Å². The highest BCUT2D eigenvalue weighted by Gasteiger charge is 2.36. The number of benzene rings is 1. The van der Waals surface area contributed by atoms with Gasteiger partial charge in [0.2, 0.25) is 0 Å². The molecule has 0 amide bonds. The molecule has 0 aromatic heterocycles. The Morgan fingerprint density at radius 3 is 2.05 bits per heavy atom. The maximum atomic E-state index is 13.8. The van der Waals surface area contributed by atoms with Gasteiger partial charge in [-0.25, -0.2) is 8.78 Å². The van der Waals surface area contributed by atoms with Crippen molar-refractivity contribution in [2.45, 2.75) is 56.7 Å². The maximum Gasteiger partial charge on any atom is 0.353 e. The minimum absolute atomic E-state index is 0.0418. The zero-order valence-electron chi connectivity index (χ0n) is 11.9. The van der Waals surface area contributed by atoms with Crippen LogP contribution in [0.5, 0.6) is 0 Å². The highest BCUT2D eigenvalue weighted by molar-refractivity contribution is 6.21. The molecule has 1 aromatic carbocycles. The molecule has 1 aliphatic carbocycles. The predicted molar refractivity (Wildman–Crippen MR) is 75.7 cm³/mol. The molecule has 1 saturated carbocycles. The molecule has 0 unspecified atom stereocenters. The first kappa shape index (κ1) is 16.6. The van der Waals surface area contributed by atoms with Crippen LogP contribution in [-0.2, 0) is 5.38 Å². The first-order chi connectivity index (χ1) is 9.82. The Morgan fingerprint density at radius 2 is 1.62 bits per heavy atom. The van der Waals surface area contributed by atoms with Gasteiger partial charge < -0.3 is 0 Å². The van der Waals surface area contributed by atoms with Crippen molar-refractivity contribution < 1.29 is 17.6 Å². The molecule has 1 aromatic rings. The van der Waals surface area contributed by atoms with Gasteiger partial charge in [0.05, 0.1) is 0 Å². The Labute approximate surface area is 127 Å². The van der Waals surface area contributed by atoms with Crippen LogP contribution in [0.2, 0.25) is 0 Å². The lowest BCUT2D eigenvalue weighted by atomic mass is 9.77. The number of halogens is 5. The van der Waals surface area contributed by atoms with E-state index in [1.807, 2.05) is 0 Å². The van der Waals surface area contributed by atoms with Gasteiger partial charge in [-0.05, 0) is 66.8 Å². The second-order valence-electron chi connectivity index (χ2n) is 5.86. The fraction of sp³-hybridized carbons (Fsp3) is 0.625. The highest BCUT2D eigenvalue weighted by Crippen LogP contribution is 2.41. The molecule has 0 nitrogen and oxygen atoms in total. The lowest BCUT2D eigenvalue weighted by molar-refractivity contribution is 0.0858. The van der Waals surface area contributed by atoms with E-state index in [4.69, 9.17) is 11.6 Å². The Bertz CT molecular complexity index is 465. The average Bonchev–Trinajstić information content (AvgIpc) is 2.37. The molecule has 0 bridgehead atoms. The van der Waals surface area contributed by atoms with Gasteiger partial charge in [0, 0.05) is 0 Å². The second kappa shape index (κ2) is 6.55. The van der Waals surface area contributed by atoms with Gasteiger partial charge in [-0.2, -0.15) is 8.78 Å². The fourth-order valence-electron chi connectivity index (χ4n) is 3.29. The van der Waals surface area contributed by atoms with Crippen molar-refractivity contribution in [1.29, 1.82) is 0 Å². The van der Waals surface area contributed by atoms with Crippen LogP contribution >= 0.6 is 11.6 Å². The van der Waals surface area contributed by atoms with E-state index in [-0.39, 0.29) is 5.92 Å². The summed E-state index contributed by atoms with van der Waals surface area (Å²) >= 11 is 4.75. The van der Waals surface area contributed by atoms with E-state index in [2.05, 4.69) is 6.92 Å². The van der Waals surface area contributed by atoms with E-state index in [1.54, 1.807) is 0 Å². The monoisotopic (exact) mass is 322 g/mol. The lowest BCUT2D eigenvalue weighted by Crippen LogP contribution is -2.15. The predicted octanol–water partition coefficient (Wildman–Crippen LogP) is 6.33. The zero-order valence-corrected chi connectivity index (χ0v) is 12.7. The van der Waals surface area contributed by atoms with Gasteiger partial charge in [-0.1, -0.05) is 19.8 Å². The lowest BCUT2D eigenvalue weighted by Gasteiger charge is -2.29. The van der Waals surface area contributed by atoms with Crippen LogP contribution in [0.4, 0.5) is 17.6 Å². The molecule has 118 valence electrons. The van der Waals surface area contributed by atoms with Crippen LogP contribution in [-0.4, -0.2) is 0 Å². The molecule has 1 aliphatic rings. The van der Waals surface area contributed by atoms with Crippen molar-refractivity contribution in [2.24, 2.45) is 5.92 Å². The molecule has 5 heteroatoms. The molecule has 0 atom stereocenters. The van der Waals surface area contributed by atoms with Gasteiger partial charge in [0.1, 0.15) is 17.2 Å². The summed E-state index contributed by atoms with van der Waals surface area (Å²) in [6, 6.07) is 2.03. The van der Waals surface area contributed by atoms with Crippen LogP contribution in [0.15, 0.2) is 12.1 Å². The van der Waals surface area contributed by atoms with Crippen molar-refractivity contribution >= 4 is 11.6 Å². The van der Waals surface area contributed by atoms with E-state index in [9.17, 15) is 17.6 Å². The van der Waals surface area contributed by atoms with Gasteiger partial charge in [0.25, 0.3) is 0 Å². The summed E-state index contributed by atoms with van der Waals surface area (Å²) < 4.78 is 53.5. The average molecular weight is 323 g/mol. The largest absolute Gasteiger partial charge is 0.353 e. The summed E-state index contributed by atoms with van der Waals surface area (Å²) in [5.74, 6) is -1.81. The minimum atomic E-state index is -4.02. The summed E-state index contributed by atoms with van der Waals surface area (Å²) in [7, 11) is 0. The van der Waals surface area contributed by atoms with E-state index in [0.29, 0.717) is 11.5 Å². The van der Waals surface area contributed by atoms with Crippen molar-refractivity contribution in [3.8, 4) is 0 Å². The molecule has 21 heavy (non-hydrogen) atoms. The fourth-order valence-corrected chi connectivity index (χ4v) is 3.47. The zero-order chi connectivity index (χ0) is 15.6. The topological polar surface area (TPSA) is 0 Å². The molecule has 2 rings (SSSR count). The smallest absolute Gasteiger partial charge is 0.206 e. The molecule has 0 N–H and O–H groups in total. The van der Waals surface area contributed by atoms with Gasteiger partial charge in [-0.15, -0.1) is 0 Å². The Kier molecular flexibility index (Phi) is 5.18. The summed E-state index contributed by atoms with van der Waals surface area (Å²) in [6.07, 6.45) is 6.05. The third kappa shape index (κ3) is 3.91. The number of rotatable bonds is 4. The molecule has 0 radical (unpaired) electrons. The van der Waals surface area contributed by atoms with Crippen LogP contribution in [0.3, 0.4) is 0 Å². The molecular weight excluding hydrogens is 304 g/mol. The van der Waals surface area contributed by atoms with Gasteiger partial charge in [0.15, 0.2) is 0 Å². The number of hydrogen-bond donors (Lipinski definition) is 0. The van der Waals surface area contributed by atoms with E-state index in [0.717, 1.165) is 44.2 Å². The molecular formula is C16H19ClF4. The number of hydrogen-bond acceptors (Lipinski definition) is 0. The normalized spacial score (nSPS) is 23.3. The molecule has 0 heterocycles. The highest BCUT2D eigenvalue weighted by atomic mass is 35.5. The summed E-state index contributed by atoms with van der Waals surface area (Å²) in [6.45, 7) is 2.14. The third-order valence-electron chi connectivity index (χ3n) is 4.36. The maximum absolute atomic E-state index is 13.8. The summed E-state index contributed by atoms with van der Waals surface area (Å²) in [5, 5.41) is -4.02. The van der Waals surface area contributed by atoms with Crippen LogP contribution in [0.1, 0.15) is 62.5 Å². The molecule has 0 saturated heterocycles. The first-order valence-electron chi connectivity index (χ1n) is 7.39. The molecule has 1 fully saturated rings. The quantitative estimate of drug-likeness (QED) is 0.449. The van der Waals surface area contributed by atoms with Crippen LogP contribution in [0.25, 0.3) is 0 Å². The standard InChI is InChI=1S/C16H19ClF4/c1-2-3-10-4-6-11(7-5-10)12-8-13(18)15(14(19)9-12)16(17,20)21/h8-11H,2-7H2,1H3. The van der Waals surface area contributed by atoms with E-state index in [1.165, 1.54) is 6.42 Å². The molecule has 0 spiro atoms. The summed E-state index contributed by atoms with van der Waals surface area (Å²) in [5.41, 5.74) is -0.891. The van der Waals surface area contributed by atoms with Gasteiger partial charge >= 0.3 is 5.38 Å². The van der Waals surface area contributed by atoms with Crippen LogP contribution in [0, 0.1) is 17.6 Å².